The van der Waals surface area contributed by atoms with Crippen LogP contribution in [0, 0.1) is 0 Å². The zero-order valence-corrected chi connectivity index (χ0v) is 28.0. The van der Waals surface area contributed by atoms with E-state index in [4.69, 9.17) is 34.1 Å². The summed E-state index contributed by atoms with van der Waals surface area (Å²) >= 11 is 0. The molecule has 0 aromatic heterocycles. The van der Waals surface area contributed by atoms with Gasteiger partial charge < -0.3 is 28.6 Å². The molecule has 2 amide bonds. The molecule has 0 aliphatic carbocycles. The van der Waals surface area contributed by atoms with E-state index < -0.39 is 41.0 Å². The van der Waals surface area contributed by atoms with Crippen molar-refractivity contribution in [3.05, 3.63) is 48.5 Å². The maximum atomic E-state index is 13.1. The molecule has 0 unspecified atom stereocenters. The molecule has 0 bridgehead atoms. The maximum Gasteiger partial charge on any atom is 0.265 e. The second-order valence-corrected chi connectivity index (χ2v) is 15.4. The summed E-state index contributed by atoms with van der Waals surface area (Å²) in [4.78, 5) is 26.2. The van der Waals surface area contributed by atoms with Gasteiger partial charge in [-0.2, -0.15) is 0 Å². The predicted octanol–water partition coefficient (Wildman–Crippen LogP) is 1.40. The van der Waals surface area contributed by atoms with Gasteiger partial charge in [-0.3, -0.25) is 20.0 Å². The van der Waals surface area contributed by atoms with Crippen molar-refractivity contribution in [2.45, 2.75) is 45.0 Å². The molecule has 4 N–H and O–H groups in total. The summed E-state index contributed by atoms with van der Waals surface area (Å²) in [5.41, 5.74) is 3.00. The highest BCUT2D eigenvalue weighted by molar-refractivity contribution is 7.94. The number of rotatable bonds is 12. The summed E-state index contributed by atoms with van der Waals surface area (Å²) in [6.45, 7) is 1.24. The largest absolute Gasteiger partial charge is 0.468 e. The minimum Gasteiger partial charge on any atom is -0.468 e. The van der Waals surface area contributed by atoms with E-state index in [1.807, 2.05) is 11.9 Å². The normalized spacial score (nSPS) is 17.8. The van der Waals surface area contributed by atoms with E-state index >= 15 is 0 Å². The van der Waals surface area contributed by atoms with Gasteiger partial charge in [0.15, 0.2) is 42.8 Å². The number of methoxy groups -OCH3 is 2. The van der Waals surface area contributed by atoms with Crippen molar-refractivity contribution in [1.29, 1.82) is 0 Å². The minimum atomic E-state index is -4.01. The van der Waals surface area contributed by atoms with Gasteiger partial charge >= 0.3 is 0 Å². The van der Waals surface area contributed by atoms with Crippen molar-refractivity contribution < 1.29 is 63.4 Å². The van der Waals surface area contributed by atoms with Gasteiger partial charge in [-0.15, -0.1) is 0 Å². The number of nitrogens with one attached hydrogen (secondary N) is 2. The topological polar surface area (TPSA) is 216 Å². The van der Waals surface area contributed by atoms with Crippen molar-refractivity contribution >= 4 is 31.5 Å². The molecule has 2 aromatic carbocycles. The molecular formula is C29H45N3O13S2. The number of hydrogen-bond donors (Lipinski definition) is 4. The fourth-order valence-electron chi connectivity index (χ4n) is 5.26. The van der Waals surface area contributed by atoms with E-state index in [2.05, 4.69) is 0 Å². The summed E-state index contributed by atoms with van der Waals surface area (Å²) in [6, 6.07) is 11.5. The SMILES string of the molecule is COCOc1ccc(S(=O)(=O)C2(C(=O)NO)CCN(C)CC2)cc1.COCOc1ccc(S(=O)(=O)C2(C(=O)NO)CCOCC2)cc1.[HH].[HH]. The summed E-state index contributed by atoms with van der Waals surface area (Å²) < 4.78 is 73.8. The van der Waals surface area contributed by atoms with Crippen LogP contribution in [-0.2, 0) is 43.5 Å². The van der Waals surface area contributed by atoms with Crippen molar-refractivity contribution in [2.24, 2.45) is 0 Å². The van der Waals surface area contributed by atoms with Gasteiger partial charge in [-0.05, 0) is 94.4 Å². The van der Waals surface area contributed by atoms with E-state index in [-0.39, 0.29) is 65.1 Å². The molecule has 0 atom stereocenters. The Morgan fingerprint density at radius 1 is 0.745 bits per heavy atom. The monoisotopic (exact) mass is 707 g/mol. The van der Waals surface area contributed by atoms with E-state index in [9.17, 15) is 26.4 Å². The first-order chi connectivity index (χ1) is 22.3. The number of hydroxylamine groups is 2. The maximum absolute atomic E-state index is 13.1. The smallest absolute Gasteiger partial charge is 0.265 e. The number of amides is 2. The molecule has 18 heteroatoms. The lowest BCUT2D eigenvalue weighted by Crippen LogP contribution is -2.57. The number of sulfone groups is 2. The van der Waals surface area contributed by atoms with E-state index in [0.29, 0.717) is 24.6 Å². The third-order valence-electron chi connectivity index (χ3n) is 8.11. The molecule has 2 heterocycles. The average Bonchev–Trinajstić information content (AvgIpc) is 3.10. The first kappa shape index (κ1) is 38.1. The van der Waals surface area contributed by atoms with Crippen LogP contribution in [0.5, 0.6) is 11.5 Å². The molecule has 2 saturated heterocycles. The van der Waals surface area contributed by atoms with Crippen LogP contribution in [0.4, 0.5) is 0 Å². The highest BCUT2D eigenvalue weighted by atomic mass is 32.2. The molecule has 2 aliphatic heterocycles. The summed E-state index contributed by atoms with van der Waals surface area (Å²) in [5.74, 6) is -0.936. The Labute approximate surface area is 276 Å². The summed E-state index contributed by atoms with van der Waals surface area (Å²) in [7, 11) is -3.18. The molecular weight excluding hydrogens is 662 g/mol. The lowest BCUT2D eigenvalue weighted by atomic mass is 9.95. The molecule has 0 radical (unpaired) electrons. The molecule has 266 valence electrons. The van der Waals surface area contributed by atoms with Gasteiger partial charge in [0.25, 0.3) is 11.8 Å². The number of piperidine rings is 1. The molecule has 2 fully saturated rings. The Bertz CT molecular complexity index is 1550. The Hall–Kier alpha value is -3.36. The Morgan fingerprint density at radius 2 is 1.11 bits per heavy atom. The molecule has 0 spiro atoms. The van der Waals surface area contributed by atoms with E-state index in [1.54, 1.807) is 0 Å². The van der Waals surface area contributed by atoms with Gasteiger partial charge in [0, 0.05) is 30.3 Å². The van der Waals surface area contributed by atoms with Crippen LogP contribution in [-0.4, -0.2) is 115 Å². The van der Waals surface area contributed by atoms with Crippen molar-refractivity contribution in [3.63, 3.8) is 0 Å². The fourth-order valence-corrected chi connectivity index (χ4v) is 9.15. The second kappa shape index (κ2) is 16.6. The highest BCUT2D eigenvalue weighted by Crippen LogP contribution is 2.37. The van der Waals surface area contributed by atoms with Crippen molar-refractivity contribution in [1.82, 2.24) is 15.9 Å². The quantitative estimate of drug-likeness (QED) is 0.139. The van der Waals surface area contributed by atoms with Crippen LogP contribution >= 0.6 is 0 Å². The number of ether oxygens (including phenoxy) is 5. The predicted molar refractivity (Wildman–Crippen MR) is 169 cm³/mol. The van der Waals surface area contributed by atoms with Crippen LogP contribution in [0.3, 0.4) is 0 Å². The fraction of sp³-hybridized carbons (Fsp3) is 0.517. The molecule has 2 aromatic rings. The van der Waals surface area contributed by atoms with Gasteiger partial charge in [0.05, 0.1) is 9.79 Å². The Kier molecular flexibility index (Phi) is 13.5. The molecule has 0 saturated carbocycles. The zero-order chi connectivity index (χ0) is 34.7. The Balaban J connectivity index is 0.000000471. The zero-order valence-electron chi connectivity index (χ0n) is 26.3. The lowest BCUT2D eigenvalue weighted by molar-refractivity contribution is -0.134. The number of hydrogen-bond acceptors (Lipinski definition) is 14. The molecule has 4 rings (SSSR count). The van der Waals surface area contributed by atoms with Crippen LogP contribution < -0.4 is 20.4 Å². The molecule has 16 nitrogen and oxygen atoms in total. The van der Waals surface area contributed by atoms with Crippen LogP contribution in [0.25, 0.3) is 0 Å². The van der Waals surface area contributed by atoms with Gasteiger partial charge in [-0.1, -0.05) is 0 Å². The third-order valence-corrected chi connectivity index (χ3v) is 13.1. The summed E-state index contributed by atoms with van der Waals surface area (Å²) in [5, 5.41) is 18.0. The standard InChI is InChI=1S/C15H22N2O6S.C14H19NO7S.2H2/c1-17-9-7-15(8-10-17,14(18)16-19)24(20,21)13-5-3-12(4-6-13)23-11-22-2;1-20-10-22-11-2-4-12(5-3-11)23(18,19)14(13(16)15-17)6-8-21-9-7-14;;/h3-6,19H,7-11H2,1-2H3,(H,16,18);2-5,17H,6-10H2,1H3,(H,15,16);2*1H. The first-order valence-electron chi connectivity index (χ1n) is 14.4. The number of carbonyl (C=O) groups is 2. The van der Waals surface area contributed by atoms with E-state index in [1.165, 1.54) is 73.7 Å². The van der Waals surface area contributed by atoms with Gasteiger partial charge in [0.2, 0.25) is 0 Å². The van der Waals surface area contributed by atoms with Crippen molar-refractivity contribution in [2.75, 3.05) is 61.2 Å². The van der Waals surface area contributed by atoms with E-state index in [0.717, 1.165) is 0 Å². The minimum absolute atomic E-state index is 0. The third kappa shape index (κ3) is 8.21. The van der Waals surface area contributed by atoms with Crippen LogP contribution in [0.2, 0.25) is 0 Å². The number of likely N-dealkylation sites (tertiary alicyclic amines) is 1. The second-order valence-electron chi connectivity index (χ2n) is 10.8. The van der Waals surface area contributed by atoms with Crippen LogP contribution in [0.15, 0.2) is 58.3 Å². The number of benzene rings is 2. The summed E-state index contributed by atoms with van der Waals surface area (Å²) in [6.07, 6.45) is 0.174. The molecule has 47 heavy (non-hydrogen) atoms. The molecule has 2 aliphatic rings. The van der Waals surface area contributed by atoms with Gasteiger partial charge in [-0.25, -0.2) is 27.8 Å². The Morgan fingerprint density at radius 3 is 1.45 bits per heavy atom. The average molecular weight is 708 g/mol. The lowest BCUT2D eigenvalue weighted by Gasteiger charge is -2.38. The highest BCUT2D eigenvalue weighted by Gasteiger charge is 2.53. The van der Waals surface area contributed by atoms with Gasteiger partial charge in [0.1, 0.15) is 11.5 Å². The van der Waals surface area contributed by atoms with Crippen molar-refractivity contribution in [3.8, 4) is 11.5 Å². The van der Waals surface area contributed by atoms with Crippen LogP contribution in [0.1, 0.15) is 28.5 Å². The number of nitrogens with zero attached hydrogens (tertiary/aromatic N) is 1. The first-order valence-corrected chi connectivity index (χ1v) is 17.4. The number of carbonyl (C=O) groups excluding carboxylic acids is 2.